The summed E-state index contributed by atoms with van der Waals surface area (Å²) in [4.78, 5) is 26.8. The van der Waals surface area contributed by atoms with E-state index in [0.29, 0.717) is 22.1 Å². The first-order valence-electron chi connectivity index (χ1n) is 10.9. The topological polar surface area (TPSA) is 67.5 Å². The number of carbonyl (C=O) groups is 1. The Bertz CT molecular complexity index is 1210. The standard InChI is InChI=1S/C25H29ClN6O/c1-5-17(16-30(2)3)22-13-19-15-27-24(14-23(19)28-22)29-21-7-6-18(12-20(21)26)25(33)32-10-8-31(4)9-11-32/h5-7,12-16,28H,1,8-11H2,2-4H3,(H,27,29)/b17-16+. The molecule has 1 aliphatic heterocycles. The fourth-order valence-electron chi connectivity index (χ4n) is 3.84. The largest absolute Gasteiger partial charge is 0.383 e. The molecule has 2 N–H and O–H groups in total. The number of halogens is 1. The summed E-state index contributed by atoms with van der Waals surface area (Å²) in [5.74, 6) is 0.673. The van der Waals surface area contributed by atoms with Gasteiger partial charge in [0.15, 0.2) is 0 Å². The van der Waals surface area contributed by atoms with E-state index in [1.54, 1.807) is 6.07 Å². The van der Waals surface area contributed by atoms with Gasteiger partial charge in [-0.3, -0.25) is 4.79 Å². The molecular weight excluding hydrogens is 436 g/mol. The number of hydrogen-bond acceptors (Lipinski definition) is 5. The maximum atomic E-state index is 12.8. The van der Waals surface area contributed by atoms with Gasteiger partial charge < -0.3 is 25.0 Å². The van der Waals surface area contributed by atoms with Crippen LogP contribution in [0.25, 0.3) is 16.5 Å². The zero-order valence-corrected chi connectivity index (χ0v) is 20.0. The molecule has 1 aromatic carbocycles. The Balaban J connectivity index is 1.52. The van der Waals surface area contributed by atoms with Crippen molar-refractivity contribution in [3.63, 3.8) is 0 Å². The van der Waals surface area contributed by atoms with Gasteiger partial charge in [-0.1, -0.05) is 24.3 Å². The molecule has 0 radical (unpaired) electrons. The van der Waals surface area contributed by atoms with Gasteiger partial charge in [-0.2, -0.15) is 0 Å². The van der Waals surface area contributed by atoms with E-state index in [9.17, 15) is 4.79 Å². The van der Waals surface area contributed by atoms with Gasteiger partial charge in [0.1, 0.15) is 5.82 Å². The average molecular weight is 465 g/mol. The summed E-state index contributed by atoms with van der Waals surface area (Å²) in [5.41, 5.74) is 4.21. The first-order chi connectivity index (χ1) is 15.8. The van der Waals surface area contributed by atoms with Crippen molar-refractivity contribution in [3.05, 3.63) is 71.7 Å². The minimum absolute atomic E-state index is 0.0128. The van der Waals surface area contributed by atoms with Crippen LogP contribution in [0.2, 0.25) is 5.02 Å². The lowest BCUT2D eigenvalue weighted by Crippen LogP contribution is -2.47. The Morgan fingerprint density at radius 1 is 1.21 bits per heavy atom. The summed E-state index contributed by atoms with van der Waals surface area (Å²) in [7, 11) is 6.02. The lowest BCUT2D eigenvalue weighted by atomic mass is 10.1. The second-order valence-corrected chi connectivity index (χ2v) is 8.91. The third-order valence-corrected chi connectivity index (χ3v) is 6.01. The number of rotatable bonds is 6. The number of carbonyl (C=O) groups excluding carboxylic acids is 1. The SMILES string of the molecule is C=C/C(=C\N(C)C)c1cc2cnc(Nc3ccc(C(=O)N4CCN(C)CC4)cc3Cl)cc2[nH]1. The molecule has 3 heterocycles. The molecule has 1 saturated heterocycles. The minimum Gasteiger partial charge on any atom is -0.383 e. The molecule has 1 aliphatic rings. The monoisotopic (exact) mass is 464 g/mol. The molecule has 1 fully saturated rings. The molecule has 0 spiro atoms. The normalized spacial score (nSPS) is 15.0. The molecule has 0 bridgehead atoms. The van der Waals surface area contributed by atoms with Gasteiger partial charge in [0, 0.05) is 81.0 Å². The first-order valence-corrected chi connectivity index (χ1v) is 11.3. The fourth-order valence-corrected chi connectivity index (χ4v) is 4.07. The van der Waals surface area contributed by atoms with Gasteiger partial charge in [-0.15, -0.1) is 0 Å². The van der Waals surface area contributed by atoms with Crippen molar-refractivity contribution in [2.24, 2.45) is 0 Å². The predicted molar refractivity (Wildman–Crippen MR) is 136 cm³/mol. The smallest absolute Gasteiger partial charge is 0.253 e. The number of anilines is 2. The highest BCUT2D eigenvalue weighted by atomic mass is 35.5. The van der Waals surface area contributed by atoms with E-state index in [1.165, 1.54) is 0 Å². The van der Waals surface area contributed by atoms with E-state index < -0.39 is 0 Å². The Morgan fingerprint density at radius 3 is 2.64 bits per heavy atom. The number of amides is 1. The highest BCUT2D eigenvalue weighted by Gasteiger charge is 2.21. The van der Waals surface area contributed by atoms with Crippen molar-refractivity contribution in [3.8, 4) is 0 Å². The number of H-pyrrole nitrogens is 1. The third-order valence-electron chi connectivity index (χ3n) is 5.70. The van der Waals surface area contributed by atoms with Crippen LogP contribution in [-0.2, 0) is 0 Å². The van der Waals surface area contributed by atoms with Crippen LogP contribution < -0.4 is 5.32 Å². The average Bonchev–Trinajstić information content (AvgIpc) is 3.22. The molecule has 0 unspecified atom stereocenters. The van der Waals surface area contributed by atoms with Gasteiger partial charge in [0.05, 0.1) is 16.2 Å². The molecule has 172 valence electrons. The Morgan fingerprint density at radius 2 is 1.97 bits per heavy atom. The van der Waals surface area contributed by atoms with Gasteiger partial charge in [-0.25, -0.2) is 4.98 Å². The highest BCUT2D eigenvalue weighted by Crippen LogP contribution is 2.29. The maximum Gasteiger partial charge on any atom is 0.253 e. The number of piperazine rings is 1. The van der Waals surface area contributed by atoms with Crippen molar-refractivity contribution in [2.45, 2.75) is 0 Å². The second-order valence-electron chi connectivity index (χ2n) is 8.51. The zero-order valence-electron chi connectivity index (χ0n) is 19.2. The summed E-state index contributed by atoms with van der Waals surface area (Å²) in [6.07, 6.45) is 5.64. The Hall–Kier alpha value is -3.29. The molecule has 33 heavy (non-hydrogen) atoms. The number of likely N-dealkylation sites (N-methyl/N-ethyl adjacent to an activating group) is 1. The molecule has 4 rings (SSSR count). The predicted octanol–water partition coefficient (Wildman–Crippen LogP) is 4.44. The van der Waals surface area contributed by atoms with E-state index in [-0.39, 0.29) is 5.91 Å². The van der Waals surface area contributed by atoms with Crippen LogP contribution in [0.1, 0.15) is 16.1 Å². The van der Waals surface area contributed by atoms with Crippen molar-refractivity contribution in [1.29, 1.82) is 0 Å². The Kier molecular flexibility index (Phi) is 6.72. The fraction of sp³-hybridized carbons (Fsp3) is 0.280. The maximum absolute atomic E-state index is 12.8. The summed E-state index contributed by atoms with van der Waals surface area (Å²) < 4.78 is 0. The number of aromatic amines is 1. The highest BCUT2D eigenvalue weighted by molar-refractivity contribution is 6.33. The van der Waals surface area contributed by atoms with Crippen LogP contribution in [-0.4, -0.2) is 77.9 Å². The van der Waals surface area contributed by atoms with E-state index in [4.69, 9.17) is 11.6 Å². The third kappa shape index (κ3) is 5.21. The van der Waals surface area contributed by atoms with Crippen LogP contribution in [0, 0.1) is 0 Å². The number of pyridine rings is 1. The molecule has 8 heteroatoms. The van der Waals surface area contributed by atoms with Crippen LogP contribution in [0.3, 0.4) is 0 Å². The molecule has 0 saturated carbocycles. The van der Waals surface area contributed by atoms with E-state index in [1.807, 2.05) is 60.6 Å². The lowest BCUT2D eigenvalue weighted by Gasteiger charge is -2.32. The quantitative estimate of drug-likeness (QED) is 0.528. The lowest BCUT2D eigenvalue weighted by molar-refractivity contribution is 0.0664. The first kappa shape index (κ1) is 22.9. The summed E-state index contributed by atoms with van der Waals surface area (Å²) >= 11 is 6.52. The van der Waals surface area contributed by atoms with Gasteiger partial charge in [-0.05, 0) is 31.3 Å². The van der Waals surface area contributed by atoms with Gasteiger partial charge >= 0.3 is 0 Å². The number of benzene rings is 1. The number of nitrogens with zero attached hydrogens (tertiary/aromatic N) is 4. The number of aromatic nitrogens is 2. The zero-order chi connectivity index (χ0) is 23.5. The number of allylic oxidation sites excluding steroid dienone is 2. The minimum atomic E-state index is 0.0128. The second kappa shape index (κ2) is 9.68. The van der Waals surface area contributed by atoms with Crippen LogP contribution >= 0.6 is 11.6 Å². The number of fused-ring (bicyclic) bond motifs is 1. The van der Waals surface area contributed by atoms with E-state index in [0.717, 1.165) is 48.3 Å². The van der Waals surface area contributed by atoms with Crippen molar-refractivity contribution in [1.82, 2.24) is 24.7 Å². The molecule has 0 atom stereocenters. The Labute approximate surface area is 199 Å². The summed E-state index contributed by atoms with van der Waals surface area (Å²) in [6, 6.07) is 9.34. The summed E-state index contributed by atoms with van der Waals surface area (Å²) in [5, 5.41) is 4.74. The molecular formula is C25H29ClN6O. The van der Waals surface area contributed by atoms with Crippen molar-refractivity contribution < 1.29 is 4.79 Å². The molecule has 0 aliphatic carbocycles. The molecule has 1 amide bonds. The van der Waals surface area contributed by atoms with E-state index in [2.05, 4.69) is 39.9 Å². The molecule has 3 aromatic rings. The van der Waals surface area contributed by atoms with Crippen LogP contribution in [0.4, 0.5) is 11.5 Å². The number of hydrogen-bond donors (Lipinski definition) is 2. The van der Waals surface area contributed by atoms with Crippen molar-refractivity contribution >= 4 is 45.5 Å². The summed E-state index contributed by atoms with van der Waals surface area (Å²) in [6.45, 7) is 7.13. The van der Waals surface area contributed by atoms with E-state index >= 15 is 0 Å². The van der Waals surface area contributed by atoms with Gasteiger partial charge in [0.2, 0.25) is 0 Å². The molecule has 2 aromatic heterocycles. The molecule has 7 nitrogen and oxygen atoms in total. The van der Waals surface area contributed by atoms with Crippen molar-refractivity contribution in [2.75, 3.05) is 52.6 Å². The number of nitrogens with one attached hydrogen (secondary N) is 2. The van der Waals surface area contributed by atoms with Crippen LogP contribution in [0.5, 0.6) is 0 Å². The van der Waals surface area contributed by atoms with Crippen LogP contribution in [0.15, 0.2) is 55.4 Å². The van der Waals surface area contributed by atoms with Gasteiger partial charge in [0.25, 0.3) is 5.91 Å².